The Morgan fingerprint density at radius 3 is 2.76 bits per heavy atom. The second-order valence-corrected chi connectivity index (χ2v) is 6.45. The standard InChI is InChI=1S/C13H22N6O2/c1-13(2,3)9-6-11(20)18(7-9)4-5-19-8-10(16-17-19)12(21)15-14/h8-9H,4-7,14H2,1-3H3,(H,15,21). The number of hydrazine groups is 1. The second-order valence-electron chi connectivity index (χ2n) is 6.45. The van der Waals surface area contributed by atoms with E-state index in [2.05, 4.69) is 31.1 Å². The van der Waals surface area contributed by atoms with Crippen molar-refractivity contribution in [2.24, 2.45) is 17.2 Å². The molecule has 0 aromatic carbocycles. The molecule has 116 valence electrons. The molecule has 1 fully saturated rings. The molecule has 0 radical (unpaired) electrons. The predicted molar refractivity (Wildman–Crippen MR) is 75.8 cm³/mol. The molecule has 0 bridgehead atoms. The fourth-order valence-electron chi connectivity index (χ4n) is 2.38. The number of nitrogens with one attached hydrogen (secondary N) is 1. The first kappa shape index (κ1) is 15.4. The number of nitrogens with two attached hydrogens (primary N) is 1. The lowest BCUT2D eigenvalue weighted by Gasteiger charge is -2.26. The van der Waals surface area contributed by atoms with E-state index in [-0.39, 0.29) is 17.0 Å². The van der Waals surface area contributed by atoms with Crippen LogP contribution in [0.1, 0.15) is 37.7 Å². The molecule has 2 heterocycles. The number of nitrogens with zero attached hydrogens (tertiary/aromatic N) is 4. The number of hydrogen-bond donors (Lipinski definition) is 2. The monoisotopic (exact) mass is 294 g/mol. The van der Waals surface area contributed by atoms with Gasteiger partial charge in [0.1, 0.15) is 0 Å². The molecule has 8 nitrogen and oxygen atoms in total. The Balaban J connectivity index is 1.90. The van der Waals surface area contributed by atoms with Crippen LogP contribution in [0, 0.1) is 11.3 Å². The fourth-order valence-corrected chi connectivity index (χ4v) is 2.38. The van der Waals surface area contributed by atoms with Crippen LogP contribution in [-0.2, 0) is 11.3 Å². The lowest BCUT2D eigenvalue weighted by molar-refractivity contribution is -0.127. The van der Waals surface area contributed by atoms with Crippen LogP contribution in [0.3, 0.4) is 0 Å². The Hall–Kier alpha value is -1.96. The molecule has 1 unspecified atom stereocenters. The van der Waals surface area contributed by atoms with E-state index in [1.165, 1.54) is 6.20 Å². The van der Waals surface area contributed by atoms with Crippen LogP contribution >= 0.6 is 0 Å². The minimum Gasteiger partial charge on any atom is -0.341 e. The van der Waals surface area contributed by atoms with E-state index in [0.717, 1.165) is 6.54 Å². The third-order valence-electron chi connectivity index (χ3n) is 3.94. The van der Waals surface area contributed by atoms with E-state index in [1.807, 2.05) is 10.3 Å². The Kier molecular flexibility index (Phi) is 4.26. The van der Waals surface area contributed by atoms with E-state index >= 15 is 0 Å². The van der Waals surface area contributed by atoms with Gasteiger partial charge in [-0.05, 0) is 11.3 Å². The molecular weight excluding hydrogens is 272 g/mol. The summed E-state index contributed by atoms with van der Waals surface area (Å²) in [6.07, 6.45) is 2.12. The predicted octanol–water partition coefficient (Wildman–Crippen LogP) is -0.224. The minimum absolute atomic E-state index is 0.129. The van der Waals surface area contributed by atoms with Crippen LogP contribution < -0.4 is 11.3 Å². The van der Waals surface area contributed by atoms with Gasteiger partial charge in [-0.2, -0.15) is 0 Å². The van der Waals surface area contributed by atoms with Crippen LogP contribution in [0.15, 0.2) is 6.20 Å². The van der Waals surface area contributed by atoms with Crippen LogP contribution in [0.2, 0.25) is 0 Å². The summed E-state index contributed by atoms with van der Waals surface area (Å²) < 4.78 is 1.54. The summed E-state index contributed by atoms with van der Waals surface area (Å²) in [5.74, 6) is 5.10. The molecule has 1 aromatic heterocycles. The van der Waals surface area contributed by atoms with Crippen molar-refractivity contribution >= 4 is 11.8 Å². The van der Waals surface area contributed by atoms with Crippen LogP contribution in [0.5, 0.6) is 0 Å². The highest BCUT2D eigenvalue weighted by Crippen LogP contribution is 2.34. The van der Waals surface area contributed by atoms with Crippen molar-refractivity contribution in [1.29, 1.82) is 0 Å². The van der Waals surface area contributed by atoms with Crippen LogP contribution in [0.4, 0.5) is 0 Å². The Bertz CT molecular complexity index is 533. The number of amides is 2. The molecule has 1 aromatic rings. The van der Waals surface area contributed by atoms with Gasteiger partial charge in [-0.25, -0.2) is 10.5 Å². The summed E-state index contributed by atoms with van der Waals surface area (Å²) in [7, 11) is 0. The highest BCUT2D eigenvalue weighted by Gasteiger charge is 2.36. The first-order chi connectivity index (χ1) is 9.81. The third-order valence-corrected chi connectivity index (χ3v) is 3.94. The summed E-state index contributed by atoms with van der Waals surface area (Å²) in [4.78, 5) is 25.1. The Labute approximate surface area is 123 Å². The van der Waals surface area contributed by atoms with Crippen molar-refractivity contribution in [1.82, 2.24) is 25.3 Å². The van der Waals surface area contributed by atoms with Crippen molar-refractivity contribution < 1.29 is 9.59 Å². The number of rotatable bonds is 4. The van der Waals surface area contributed by atoms with Gasteiger partial charge in [0.25, 0.3) is 5.91 Å². The number of nitrogen functional groups attached to an aromatic ring is 1. The van der Waals surface area contributed by atoms with Gasteiger partial charge in [0.2, 0.25) is 5.91 Å². The van der Waals surface area contributed by atoms with E-state index in [1.54, 1.807) is 4.68 Å². The molecule has 21 heavy (non-hydrogen) atoms. The van der Waals surface area contributed by atoms with Gasteiger partial charge in [0.15, 0.2) is 5.69 Å². The zero-order chi connectivity index (χ0) is 15.6. The van der Waals surface area contributed by atoms with Gasteiger partial charge in [-0.1, -0.05) is 26.0 Å². The van der Waals surface area contributed by atoms with Crippen LogP contribution in [-0.4, -0.2) is 44.8 Å². The number of aromatic nitrogens is 3. The molecule has 1 saturated heterocycles. The maximum atomic E-state index is 12.0. The first-order valence-corrected chi connectivity index (χ1v) is 7.00. The lowest BCUT2D eigenvalue weighted by Crippen LogP contribution is -2.31. The fraction of sp³-hybridized carbons (Fsp3) is 0.692. The van der Waals surface area contributed by atoms with E-state index < -0.39 is 5.91 Å². The molecule has 1 aliphatic rings. The summed E-state index contributed by atoms with van der Waals surface area (Å²) in [5.41, 5.74) is 2.30. The van der Waals surface area contributed by atoms with Gasteiger partial charge < -0.3 is 4.90 Å². The van der Waals surface area contributed by atoms with E-state index in [0.29, 0.717) is 25.4 Å². The average Bonchev–Trinajstić information content (AvgIpc) is 3.01. The van der Waals surface area contributed by atoms with Gasteiger partial charge in [-0.15, -0.1) is 5.10 Å². The molecule has 0 aliphatic carbocycles. The number of likely N-dealkylation sites (tertiary alicyclic amines) is 1. The summed E-state index contributed by atoms with van der Waals surface area (Å²) in [6.45, 7) is 8.32. The van der Waals surface area contributed by atoms with Crippen LogP contribution in [0.25, 0.3) is 0 Å². The van der Waals surface area contributed by atoms with Crippen molar-refractivity contribution in [3.8, 4) is 0 Å². The SMILES string of the molecule is CC(C)(C)C1CC(=O)N(CCn2cc(C(=O)NN)nn2)C1. The van der Waals surface area contributed by atoms with Gasteiger partial charge >= 0.3 is 0 Å². The topological polar surface area (TPSA) is 106 Å². The van der Waals surface area contributed by atoms with E-state index in [9.17, 15) is 9.59 Å². The first-order valence-electron chi connectivity index (χ1n) is 7.00. The van der Waals surface area contributed by atoms with Crippen molar-refractivity contribution in [2.75, 3.05) is 13.1 Å². The quantitative estimate of drug-likeness (QED) is 0.453. The molecule has 8 heteroatoms. The Morgan fingerprint density at radius 2 is 2.19 bits per heavy atom. The summed E-state index contributed by atoms with van der Waals surface area (Å²) in [5, 5.41) is 7.57. The number of hydrogen-bond acceptors (Lipinski definition) is 5. The molecule has 0 spiro atoms. The summed E-state index contributed by atoms with van der Waals surface area (Å²) in [6, 6.07) is 0. The molecule has 2 amide bonds. The van der Waals surface area contributed by atoms with Crippen molar-refractivity contribution in [3.63, 3.8) is 0 Å². The highest BCUT2D eigenvalue weighted by atomic mass is 16.2. The maximum absolute atomic E-state index is 12.0. The van der Waals surface area contributed by atoms with Crippen molar-refractivity contribution in [2.45, 2.75) is 33.7 Å². The molecule has 1 atom stereocenters. The molecule has 0 saturated carbocycles. The highest BCUT2D eigenvalue weighted by molar-refractivity contribution is 5.91. The smallest absolute Gasteiger partial charge is 0.287 e. The third kappa shape index (κ3) is 3.57. The average molecular weight is 294 g/mol. The van der Waals surface area contributed by atoms with Crippen molar-refractivity contribution in [3.05, 3.63) is 11.9 Å². The van der Waals surface area contributed by atoms with E-state index in [4.69, 9.17) is 5.84 Å². The molecule has 3 N–H and O–H groups in total. The number of carbonyl (C=O) groups is 2. The zero-order valence-electron chi connectivity index (χ0n) is 12.7. The maximum Gasteiger partial charge on any atom is 0.287 e. The second kappa shape index (κ2) is 5.80. The lowest BCUT2D eigenvalue weighted by atomic mass is 9.80. The summed E-state index contributed by atoms with van der Waals surface area (Å²) >= 11 is 0. The van der Waals surface area contributed by atoms with Gasteiger partial charge in [0, 0.05) is 19.5 Å². The molecule has 1 aliphatic heterocycles. The number of carbonyl (C=O) groups excluding carboxylic acids is 2. The zero-order valence-corrected chi connectivity index (χ0v) is 12.7. The largest absolute Gasteiger partial charge is 0.341 e. The normalized spacial score (nSPS) is 19.1. The molecule has 2 rings (SSSR count). The molecular formula is C13H22N6O2. The van der Waals surface area contributed by atoms with Gasteiger partial charge in [0.05, 0.1) is 12.7 Å². The Morgan fingerprint density at radius 1 is 1.48 bits per heavy atom. The minimum atomic E-state index is -0.480. The van der Waals surface area contributed by atoms with Gasteiger partial charge in [-0.3, -0.25) is 15.0 Å².